The average Bonchev–Trinajstić information content (AvgIpc) is 3.58. The van der Waals surface area contributed by atoms with Crippen LogP contribution >= 0.6 is 0 Å². The van der Waals surface area contributed by atoms with Crippen LogP contribution in [0.5, 0.6) is 5.75 Å². The molecule has 1 fully saturated rings. The van der Waals surface area contributed by atoms with Crippen molar-refractivity contribution in [2.75, 3.05) is 23.0 Å². The molecule has 0 saturated carbocycles. The fraction of sp³-hybridized carbons (Fsp3) is 0.200. The highest BCUT2D eigenvalue weighted by molar-refractivity contribution is 7.91. The minimum atomic E-state index is -3.18. The lowest BCUT2D eigenvalue weighted by molar-refractivity contribution is -0.121. The monoisotopic (exact) mass is 479 g/mol. The Hall–Kier alpha value is -3.85. The third-order valence-corrected chi connectivity index (χ3v) is 7.52. The molecular weight excluding hydrogens is 458 g/mol. The van der Waals surface area contributed by atoms with E-state index in [-0.39, 0.29) is 35.6 Å². The van der Waals surface area contributed by atoms with Gasteiger partial charge in [-0.1, -0.05) is 18.2 Å². The van der Waals surface area contributed by atoms with E-state index in [0.29, 0.717) is 34.4 Å². The van der Waals surface area contributed by atoms with Crippen LogP contribution in [-0.2, 0) is 14.6 Å². The zero-order valence-corrected chi connectivity index (χ0v) is 18.9. The second-order valence-electron chi connectivity index (χ2n) is 8.06. The average molecular weight is 480 g/mol. The van der Waals surface area contributed by atoms with Gasteiger partial charge in [0, 0.05) is 11.1 Å². The van der Waals surface area contributed by atoms with Crippen LogP contribution in [0.25, 0.3) is 11.0 Å². The van der Waals surface area contributed by atoms with Crippen LogP contribution in [-0.4, -0.2) is 44.3 Å². The minimum absolute atomic E-state index is 0.0543. The van der Waals surface area contributed by atoms with Crippen LogP contribution in [0.3, 0.4) is 0 Å². The molecule has 2 aromatic heterocycles. The summed E-state index contributed by atoms with van der Waals surface area (Å²) >= 11 is 0. The summed E-state index contributed by atoms with van der Waals surface area (Å²) in [5, 5.41) is 0.535. The van der Waals surface area contributed by atoms with Crippen LogP contribution in [0.15, 0.2) is 82.0 Å². The van der Waals surface area contributed by atoms with Gasteiger partial charge in [-0.15, -0.1) is 0 Å². The third kappa shape index (κ3) is 4.34. The van der Waals surface area contributed by atoms with Crippen LogP contribution in [0.1, 0.15) is 22.5 Å². The number of hydrogen-bond acceptors (Lipinski definition) is 7. The molecule has 0 N–H and O–H groups in total. The Morgan fingerprint density at radius 3 is 2.56 bits per heavy atom. The van der Waals surface area contributed by atoms with Crippen LogP contribution in [0.4, 0.5) is 5.69 Å². The molecule has 9 heteroatoms. The standard InChI is InChI=1S/C25H21NO7S/c27-24(26(17-5-2-1-3-6-17)18-10-12-34(29,30)16-18)15-32-19-8-9-22-20(13-19)21(14-33-22)25(28)23-7-4-11-31-23/h1-9,11,13-14,18H,10,12,15-16H2/t18-/m1/s1. The number of rotatable bonds is 7. The maximum absolute atomic E-state index is 13.2. The number of furan rings is 2. The summed E-state index contributed by atoms with van der Waals surface area (Å²) in [6.07, 6.45) is 3.16. The quantitative estimate of drug-likeness (QED) is 0.371. The van der Waals surface area contributed by atoms with E-state index in [1.807, 2.05) is 6.07 Å². The van der Waals surface area contributed by atoms with Gasteiger partial charge in [-0.05, 0) is 48.9 Å². The highest BCUT2D eigenvalue weighted by Crippen LogP contribution is 2.29. The fourth-order valence-corrected chi connectivity index (χ4v) is 5.85. The van der Waals surface area contributed by atoms with Gasteiger partial charge in [0.1, 0.15) is 17.6 Å². The molecule has 8 nitrogen and oxygen atoms in total. The molecule has 3 heterocycles. The van der Waals surface area contributed by atoms with Gasteiger partial charge < -0.3 is 18.5 Å². The van der Waals surface area contributed by atoms with Gasteiger partial charge in [0.05, 0.1) is 29.4 Å². The molecule has 1 aliphatic heterocycles. The van der Waals surface area contributed by atoms with E-state index in [2.05, 4.69) is 0 Å². The predicted molar refractivity (Wildman–Crippen MR) is 125 cm³/mol. The number of benzene rings is 2. The van der Waals surface area contributed by atoms with Gasteiger partial charge >= 0.3 is 0 Å². The van der Waals surface area contributed by atoms with Gasteiger partial charge in [0.15, 0.2) is 22.2 Å². The molecule has 0 bridgehead atoms. The summed E-state index contributed by atoms with van der Waals surface area (Å²) < 4.78 is 40.5. The smallest absolute Gasteiger partial charge is 0.265 e. The van der Waals surface area contributed by atoms with Gasteiger partial charge in [-0.25, -0.2) is 8.42 Å². The number of fused-ring (bicyclic) bond motifs is 1. The van der Waals surface area contributed by atoms with Crippen molar-refractivity contribution in [1.29, 1.82) is 0 Å². The molecule has 0 unspecified atom stereocenters. The van der Waals surface area contributed by atoms with E-state index in [0.717, 1.165) is 0 Å². The third-order valence-electron chi connectivity index (χ3n) is 5.77. The molecule has 2 aromatic carbocycles. The molecule has 1 atom stereocenters. The number of ether oxygens (including phenoxy) is 1. The molecule has 1 saturated heterocycles. The summed E-state index contributed by atoms with van der Waals surface area (Å²) in [5.74, 6) is -0.134. The second-order valence-corrected chi connectivity index (χ2v) is 10.3. The first-order chi connectivity index (χ1) is 16.4. The van der Waals surface area contributed by atoms with Crippen molar-refractivity contribution >= 4 is 38.2 Å². The van der Waals surface area contributed by atoms with Crippen LogP contribution < -0.4 is 9.64 Å². The maximum atomic E-state index is 13.2. The Balaban J connectivity index is 1.37. The number of amides is 1. The van der Waals surface area contributed by atoms with Crippen molar-refractivity contribution in [3.05, 3.63) is 84.5 Å². The Bertz CT molecular complexity index is 1440. The highest BCUT2D eigenvalue weighted by Gasteiger charge is 2.35. The van der Waals surface area contributed by atoms with Crippen molar-refractivity contribution in [2.45, 2.75) is 12.5 Å². The lowest BCUT2D eigenvalue weighted by Crippen LogP contribution is -2.43. The van der Waals surface area contributed by atoms with Crippen molar-refractivity contribution < 1.29 is 31.6 Å². The lowest BCUT2D eigenvalue weighted by atomic mass is 10.1. The van der Waals surface area contributed by atoms with E-state index in [1.54, 1.807) is 54.6 Å². The molecule has 0 spiro atoms. The second kappa shape index (κ2) is 8.83. The normalized spacial score (nSPS) is 17.0. The number of sulfone groups is 1. The first kappa shape index (κ1) is 22.0. The van der Waals surface area contributed by atoms with Crippen LogP contribution in [0.2, 0.25) is 0 Å². The highest BCUT2D eigenvalue weighted by atomic mass is 32.2. The first-order valence-corrected chi connectivity index (χ1v) is 12.5. The van der Waals surface area contributed by atoms with Gasteiger partial charge in [0.2, 0.25) is 5.78 Å². The Kier molecular flexibility index (Phi) is 5.70. The predicted octanol–water partition coefficient (Wildman–Crippen LogP) is 3.86. The Labute approximate surface area is 195 Å². The van der Waals surface area contributed by atoms with Crippen molar-refractivity contribution in [1.82, 2.24) is 0 Å². The molecule has 1 amide bonds. The summed E-state index contributed by atoms with van der Waals surface area (Å²) in [6, 6.07) is 16.7. The van der Waals surface area contributed by atoms with E-state index in [1.165, 1.54) is 17.4 Å². The van der Waals surface area contributed by atoms with Gasteiger partial charge in [-0.3, -0.25) is 9.59 Å². The molecule has 174 valence electrons. The molecule has 34 heavy (non-hydrogen) atoms. The fourth-order valence-electron chi connectivity index (χ4n) is 4.16. The van der Waals surface area contributed by atoms with Crippen molar-refractivity contribution in [3.63, 3.8) is 0 Å². The van der Waals surface area contributed by atoms with E-state index in [4.69, 9.17) is 13.6 Å². The van der Waals surface area contributed by atoms with Crippen LogP contribution in [0, 0.1) is 0 Å². The van der Waals surface area contributed by atoms with E-state index >= 15 is 0 Å². The minimum Gasteiger partial charge on any atom is -0.484 e. The Morgan fingerprint density at radius 2 is 1.85 bits per heavy atom. The first-order valence-electron chi connectivity index (χ1n) is 10.7. The maximum Gasteiger partial charge on any atom is 0.265 e. The summed E-state index contributed by atoms with van der Waals surface area (Å²) in [7, 11) is -3.18. The van der Waals surface area contributed by atoms with Gasteiger partial charge in [0.25, 0.3) is 5.91 Å². The number of ketones is 1. The summed E-state index contributed by atoms with van der Waals surface area (Å²) in [5.41, 5.74) is 1.44. The summed E-state index contributed by atoms with van der Waals surface area (Å²) in [6.45, 7) is -0.295. The zero-order chi connectivity index (χ0) is 23.7. The van der Waals surface area contributed by atoms with Crippen molar-refractivity contribution in [2.24, 2.45) is 0 Å². The molecule has 4 aromatic rings. The van der Waals surface area contributed by atoms with Crippen molar-refractivity contribution in [3.8, 4) is 5.75 Å². The lowest BCUT2D eigenvalue weighted by Gasteiger charge is -2.28. The molecule has 1 aliphatic rings. The largest absolute Gasteiger partial charge is 0.484 e. The number of carbonyl (C=O) groups excluding carboxylic acids is 2. The SMILES string of the molecule is O=C(c1ccco1)c1coc2ccc(OCC(=O)N(c3ccccc3)[C@@H]3CCS(=O)(=O)C3)cc12. The molecular formula is C25H21NO7S. The number of hydrogen-bond donors (Lipinski definition) is 0. The number of nitrogens with zero attached hydrogens (tertiary/aromatic N) is 1. The molecule has 5 rings (SSSR count). The summed E-state index contributed by atoms with van der Waals surface area (Å²) in [4.78, 5) is 27.4. The van der Waals surface area contributed by atoms with E-state index in [9.17, 15) is 18.0 Å². The van der Waals surface area contributed by atoms with E-state index < -0.39 is 15.9 Å². The number of anilines is 1. The zero-order valence-electron chi connectivity index (χ0n) is 18.0. The number of carbonyl (C=O) groups is 2. The molecule has 0 aliphatic carbocycles. The molecule has 0 radical (unpaired) electrons. The van der Waals surface area contributed by atoms with Gasteiger partial charge in [-0.2, -0.15) is 0 Å². The Morgan fingerprint density at radius 1 is 1.03 bits per heavy atom. The number of para-hydroxylation sites is 1. The topological polar surface area (TPSA) is 107 Å².